The highest BCUT2D eigenvalue weighted by molar-refractivity contribution is 5.97. The summed E-state index contributed by atoms with van der Waals surface area (Å²) in [6, 6.07) is 6.05. The standard InChI is InChI=1S/C23H30O5/c1-14(2)23(27)10-9-22(4)12-18(25)15(3)11-20(21(22)23)28-13-19(26)16-5-7-17(24)8-6-16/h5-8,11,14,20-21,24,27H,9-10,12-13H2,1-4H3/t20-,21+,22+,23+/m0/s1. The van der Waals surface area contributed by atoms with Crippen LogP contribution in [0.3, 0.4) is 0 Å². The lowest BCUT2D eigenvalue weighted by atomic mass is 9.68. The smallest absolute Gasteiger partial charge is 0.188 e. The van der Waals surface area contributed by atoms with Gasteiger partial charge in [-0.05, 0) is 67.0 Å². The Morgan fingerprint density at radius 1 is 1.25 bits per heavy atom. The van der Waals surface area contributed by atoms with Crippen molar-refractivity contribution < 1.29 is 24.5 Å². The predicted octanol–water partition coefficient (Wildman–Crippen LogP) is 3.68. The van der Waals surface area contributed by atoms with Gasteiger partial charge in [-0.3, -0.25) is 9.59 Å². The number of phenols is 1. The van der Waals surface area contributed by atoms with Gasteiger partial charge < -0.3 is 14.9 Å². The average Bonchev–Trinajstić information content (AvgIpc) is 2.85. The number of hydrogen-bond acceptors (Lipinski definition) is 5. The third-order valence-electron chi connectivity index (χ3n) is 6.73. The van der Waals surface area contributed by atoms with Crippen LogP contribution in [-0.2, 0) is 9.53 Å². The summed E-state index contributed by atoms with van der Waals surface area (Å²) in [7, 11) is 0. The van der Waals surface area contributed by atoms with E-state index in [9.17, 15) is 19.8 Å². The maximum atomic E-state index is 12.6. The average molecular weight is 386 g/mol. The van der Waals surface area contributed by atoms with Crippen LogP contribution in [0.2, 0.25) is 0 Å². The van der Waals surface area contributed by atoms with Crippen molar-refractivity contribution in [3.63, 3.8) is 0 Å². The molecular formula is C23H30O5. The van der Waals surface area contributed by atoms with Crippen LogP contribution in [0.4, 0.5) is 0 Å². The number of benzene rings is 1. The minimum Gasteiger partial charge on any atom is -0.508 e. The number of Topliss-reactive ketones (excluding diaryl/α,β-unsaturated/α-hetero) is 2. The number of ether oxygens (including phenoxy) is 1. The summed E-state index contributed by atoms with van der Waals surface area (Å²) in [5, 5.41) is 20.9. The van der Waals surface area contributed by atoms with Crippen molar-refractivity contribution in [2.75, 3.05) is 6.61 Å². The molecule has 0 spiro atoms. The number of carbonyl (C=O) groups excluding carboxylic acids is 2. The minimum absolute atomic E-state index is 0.0140. The Hall–Kier alpha value is -1.98. The van der Waals surface area contributed by atoms with E-state index in [0.717, 1.165) is 6.42 Å². The molecule has 2 aliphatic carbocycles. The lowest BCUT2D eigenvalue weighted by Crippen LogP contribution is -2.49. The first kappa shape index (κ1) is 20.7. The highest BCUT2D eigenvalue weighted by atomic mass is 16.5. The van der Waals surface area contributed by atoms with E-state index in [0.29, 0.717) is 24.0 Å². The molecule has 0 aliphatic heterocycles. The van der Waals surface area contributed by atoms with Gasteiger partial charge in [-0.2, -0.15) is 0 Å². The summed E-state index contributed by atoms with van der Waals surface area (Å²) >= 11 is 0. The van der Waals surface area contributed by atoms with Crippen LogP contribution < -0.4 is 0 Å². The van der Waals surface area contributed by atoms with E-state index in [1.807, 2.05) is 13.8 Å². The Kier molecular flexibility index (Phi) is 5.52. The number of rotatable bonds is 5. The molecule has 1 saturated carbocycles. The number of phenolic OH excluding ortho intramolecular Hbond substituents is 1. The summed E-state index contributed by atoms with van der Waals surface area (Å²) < 4.78 is 6.05. The quantitative estimate of drug-likeness (QED) is 0.754. The van der Waals surface area contributed by atoms with E-state index < -0.39 is 11.7 Å². The van der Waals surface area contributed by atoms with Crippen molar-refractivity contribution in [1.82, 2.24) is 0 Å². The maximum Gasteiger partial charge on any atom is 0.188 e. The van der Waals surface area contributed by atoms with E-state index in [4.69, 9.17) is 4.74 Å². The van der Waals surface area contributed by atoms with Crippen molar-refractivity contribution in [1.29, 1.82) is 0 Å². The van der Waals surface area contributed by atoms with Gasteiger partial charge in [-0.15, -0.1) is 0 Å². The molecule has 1 fully saturated rings. The number of carbonyl (C=O) groups is 2. The molecule has 5 heteroatoms. The molecule has 28 heavy (non-hydrogen) atoms. The van der Waals surface area contributed by atoms with E-state index in [1.165, 1.54) is 12.1 Å². The van der Waals surface area contributed by atoms with Crippen molar-refractivity contribution in [3.05, 3.63) is 41.5 Å². The fourth-order valence-corrected chi connectivity index (χ4v) is 4.92. The summed E-state index contributed by atoms with van der Waals surface area (Å²) in [5.41, 5.74) is -0.223. The molecule has 2 N–H and O–H groups in total. The van der Waals surface area contributed by atoms with Crippen LogP contribution in [-0.4, -0.2) is 40.1 Å². The molecule has 5 nitrogen and oxygen atoms in total. The van der Waals surface area contributed by atoms with Crippen LogP contribution in [0, 0.1) is 17.3 Å². The topological polar surface area (TPSA) is 83.8 Å². The van der Waals surface area contributed by atoms with Gasteiger partial charge in [0.1, 0.15) is 12.4 Å². The summed E-state index contributed by atoms with van der Waals surface area (Å²) in [6.45, 7) is 7.68. The first-order valence-electron chi connectivity index (χ1n) is 9.95. The first-order chi connectivity index (χ1) is 13.1. The predicted molar refractivity (Wildman–Crippen MR) is 106 cm³/mol. The van der Waals surface area contributed by atoms with Gasteiger partial charge in [-0.1, -0.05) is 20.8 Å². The fraction of sp³-hybridized carbons (Fsp3) is 0.565. The summed E-state index contributed by atoms with van der Waals surface area (Å²) in [4.78, 5) is 25.1. The van der Waals surface area contributed by atoms with Crippen molar-refractivity contribution in [3.8, 4) is 5.75 Å². The highest BCUT2D eigenvalue weighted by Crippen LogP contribution is 2.57. The van der Waals surface area contributed by atoms with Gasteiger partial charge in [0, 0.05) is 17.9 Å². The maximum absolute atomic E-state index is 12.6. The van der Waals surface area contributed by atoms with E-state index in [2.05, 4.69) is 6.92 Å². The first-order valence-corrected chi connectivity index (χ1v) is 9.95. The molecule has 0 aromatic heterocycles. The molecule has 4 atom stereocenters. The third kappa shape index (κ3) is 3.65. The molecule has 152 valence electrons. The number of ketones is 2. The van der Waals surface area contributed by atoms with Crippen LogP contribution in [0.1, 0.15) is 57.3 Å². The largest absolute Gasteiger partial charge is 0.508 e. The molecule has 1 aromatic carbocycles. The van der Waals surface area contributed by atoms with E-state index in [1.54, 1.807) is 25.1 Å². The molecular weight excluding hydrogens is 356 g/mol. The number of allylic oxidation sites excluding steroid dienone is 1. The zero-order valence-corrected chi connectivity index (χ0v) is 17.1. The van der Waals surface area contributed by atoms with Crippen LogP contribution in [0.25, 0.3) is 0 Å². The second-order valence-electron chi connectivity index (χ2n) is 8.97. The second-order valence-corrected chi connectivity index (χ2v) is 8.97. The second kappa shape index (κ2) is 7.45. The molecule has 0 amide bonds. The fourth-order valence-electron chi connectivity index (χ4n) is 4.92. The molecule has 0 heterocycles. The van der Waals surface area contributed by atoms with E-state index in [-0.39, 0.29) is 41.2 Å². The van der Waals surface area contributed by atoms with Crippen LogP contribution in [0.15, 0.2) is 35.9 Å². The van der Waals surface area contributed by atoms with Gasteiger partial charge in [0.05, 0.1) is 11.7 Å². The normalized spacial score (nSPS) is 32.8. The molecule has 1 aromatic rings. The number of hydrogen-bond donors (Lipinski definition) is 2. The third-order valence-corrected chi connectivity index (χ3v) is 6.73. The van der Waals surface area contributed by atoms with Crippen molar-refractivity contribution in [2.45, 2.75) is 58.7 Å². The molecule has 2 aliphatic rings. The Balaban J connectivity index is 1.88. The lowest BCUT2D eigenvalue weighted by molar-refractivity contribution is -0.124. The minimum atomic E-state index is -0.942. The molecule has 0 unspecified atom stereocenters. The van der Waals surface area contributed by atoms with Crippen LogP contribution >= 0.6 is 0 Å². The van der Waals surface area contributed by atoms with Crippen molar-refractivity contribution in [2.24, 2.45) is 17.3 Å². The SMILES string of the molecule is CC1=C[C@H](OCC(=O)c2ccc(O)cc2)[C@@H]2[C@](C)(CC[C@@]2(O)C(C)C)CC1=O. The Morgan fingerprint density at radius 3 is 2.50 bits per heavy atom. The summed E-state index contributed by atoms with van der Waals surface area (Å²) in [6.07, 6.45) is 3.05. The molecule has 0 radical (unpaired) electrons. The highest BCUT2D eigenvalue weighted by Gasteiger charge is 2.59. The Bertz CT molecular complexity index is 794. The molecule has 0 saturated heterocycles. The lowest BCUT2D eigenvalue weighted by Gasteiger charge is -2.43. The number of fused-ring (bicyclic) bond motifs is 1. The number of aliphatic hydroxyl groups is 1. The van der Waals surface area contributed by atoms with Crippen molar-refractivity contribution >= 4 is 11.6 Å². The van der Waals surface area contributed by atoms with Gasteiger partial charge in [-0.25, -0.2) is 0 Å². The van der Waals surface area contributed by atoms with Gasteiger partial charge in [0.15, 0.2) is 11.6 Å². The molecule has 3 rings (SSSR count). The monoisotopic (exact) mass is 386 g/mol. The Morgan fingerprint density at radius 2 is 1.89 bits per heavy atom. The zero-order chi connectivity index (χ0) is 20.7. The Labute approximate surface area is 166 Å². The number of aromatic hydroxyl groups is 1. The van der Waals surface area contributed by atoms with Crippen LogP contribution in [0.5, 0.6) is 5.75 Å². The van der Waals surface area contributed by atoms with Gasteiger partial charge in [0.25, 0.3) is 0 Å². The molecule has 0 bridgehead atoms. The van der Waals surface area contributed by atoms with Gasteiger partial charge in [0.2, 0.25) is 0 Å². The summed E-state index contributed by atoms with van der Waals surface area (Å²) in [5.74, 6) is -0.262. The van der Waals surface area contributed by atoms with Gasteiger partial charge >= 0.3 is 0 Å². The zero-order valence-electron chi connectivity index (χ0n) is 17.1. The van der Waals surface area contributed by atoms with E-state index >= 15 is 0 Å².